The molecule has 0 bridgehead atoms. The fraction of sp³-hybridized carbons (Fsp3) is 0.595. The molecule has 56 heavy (non-hydrogen) atoms. The molecule has 0 unspecified atom stereocenters. The van der Waals surface area contributed by atoms with Gasteiger partial charge in [-0.1, -0.05) is 37.8 Å². The highest BCUT2D eigenvalue weighted by Gasteiger charge is 2.37. The largest absolute Gasteiger partial charge is 0.507 e. The Morgan fingerprint density at radius 3 is 2.11 bits per heavy atom. The first kappa shape index (κ1) is 42.3. The number of para-hydroxylation sites is 1. The lowest BCUT2D eigenvalue weighted by Gasteiger charge is -2.42. The first-order valence-electron chi connectivity index (χ1n) is 19.7. The zero-order chi connectivity index (χ0) is 39.2. The number of phenolic OH excluding ortho intramolecular Hbond substituents is 1. The number of nitrogens with one attached hydrogen (secondary N) is 1. The third-order valence-electron chi connectivity index (χ3n) is 11.8. The number of likely N-dealkylation sites (N-methyl/N-ethyl adjacent to an activating group) is 1. The molecule has 2 aromatic rings. The average molecular weight is 777 g/mol. The maximum Gasteiger partial charge on any atom is 0.410 e. The van der Waals surface area contributed by atoms with Crippen LogP contribution in [-0.2, 0) is 36.7 Å². The molecule has 0 saturated carbocycles. The van der Waals surface area contributed by atoms with Gasteiger partial charge in [-0.25, -0.2) is 9.59 Å². The number of urea groups is 1. The number of amides is 5. The van der Waals surface area contributed by atoms with Crippen molar-refractivity contribution in [1.82, 2.24) is 24.5 Å². The zero-order valence-electron chi connectivity index (χ0n) is 32.6. The fourth-order valence-electron chi connectivity index (χ4n) is 8.39. The van der Waals surface area contributed by atoms with E-state index >= 15 is 0 Å². The van der Waals surface area contributed by atoms with Crippen molar-refractivity contribution in [2.45, 2.75) is 90.8 Å². The maximum absolute atomic E-state index is 14.2. The molecule has 4 heterocycles. The number of carbonyl (C=O) groups is 5. The average Bonchev–Trinajstić information content (AvgIpc) is 3.36. The van der Waals surface area contributed by atoms with Crippen LogP contribution in [-0.4, -0.2) is 144 Å². The minimum Gasteiger partial charge on any atom is -0.507 e. The molecule has 3 saturated heterocycles. The van der Waals surface area contributed by atoms with Gasteiger partial charge in [0.25, 0.3) is 11.8 Å². The fourth-order valence-corrected chi connectivity index (χ4v) is 8.39. The smallest absolute Gasteiger partial charge is 0.410 e. The summed E-state index contributed by atoms with van der Waals surface area (Å²) in [6, 6.07) is 11.6. The summed E-state index contributed by atoms with van der Waals surface area (Å²) in [6.45, 7) is 7.33. The molecule has 5 amide bonds. The predicted octanol–water partition coefficient (Wildman–Crippen LogP) is 4.58. The monoisotopic (exact) mass is 776 g/mol. The second-order valence-corrected chi connectivity index (χ2v) is 15.7. The van der Waals surface area contributed by atoms with E-state index in [1.165, 1.54) is 4.90 Å². The van der Waals surface area contributed by atoms with Crippen LogP contribution in [0.3, 0.4) is 0 Å². The molecule has 4 aliphatic rings. The van der Waals surface area contributed by atoms with Gasteiger partial charge in [0.2, 0.25) is 0 Å². The highest BCUT2D eigenvalue weighted by Crippen LogP contribution is 2.29. The highest BCUT2D eigenvalue weighted by molar-refractivity contribution is 5.91. The molecule has 3 fully saturated rings. The standard InChI is InChI=1S/C41H56N6O8.CH4/c1-27-23-29(24-28(2)37(27)49)25-35(55-41(53)46-20-14-33(15-21-46)47-22-11-30-7-5-6-8-34(30)42-40(47)52)38(50)45-18-12-32(13-19-45)44-16-9-31(10-17-44)39(51)54-26-36(48)43(3)4;/h5-8,23-24,31-33,35,49H,9-22,25-26H2,1-4H3,(H,42,52);1H4/t35-;/m1./s1. The number of phenols is 1. The topological polar surface area (TPSA) is 152 Å². The maximum atomic E-state index is 14.2. The van der Waals surface area contributed by atoms with Crippen molar-refractivity contribution < 1.29 is 38.6 Å². The third-order valence-corrected chi connectivity index (χ3v) is 11.8. The van der Waals surface area contributed by atoms with E-state index in [-0.39, 0.29) is 68.0 Å². The molecule has 4 aliphatic heterocycles. The summed E-state index contributed by atoms with van der Waals surface area (Å²) in [5, 5.41) is 13.4. The first-order chi connectivity index (χ1) is 26.4. The summed E-state index contributed by atoms with van der Waals surface area (Å²) in [4.78, 5) is 74.5. The number of hydrogen-bond donors (Lipinski definition) is 2. The van der Waals surface area contributed by atoms with E-state index in [9.17, 15) is 29.1 Å². The van der Waals surface area contributed by atoms with Gasteiger partial charge in [-0.3, -0.25) is 14.4 Å². The lowest BCUT2D eigenvalue weighted by atomic mass is 9.93. The number of aryl methyl sites for hydroxylation is 2. The van der Waals surface area contributed by atoms with Crippen LogP contribution in [0.1, 0.15) is 68.2 Å². The molecule has 6 rings (SSSR count). The van der Waals surface area contributed by atoms with Crippen LogP contribution in [0.15, 0.2) is 36.4 Å². The van der Waals surface area contributed by atoms with Gasteiger partial charge in [-0.15, -0.1) is 0 Å². The summed E-state index contributed by atoms with van der Waals surface area (Å²) in [7, 11) is 3.25. The summed E-state index contributed by atoms with van der Waals surface area (Å²) in [5.74, 6) is -0.830. The number of esters is 1. The van der Waals surface area contributed by atoms with Gasteiger partial charge < -0.3 is 44.4 Å². The SMILES string of the molecule is C.Cc1cc(C[C@@H](OC(=O)N2CCC(N3CCc4ccccc4NC3=O)CC2)C(=O)N2CCC(N3CCC(C(=O)OCC(=O)N(C)C)CC3)CC2)cc(C)c1O. The van der Waals surface area contributed by atoms with Crippen LogP contribution < -0.4 is 5.32 Å². The lowest BCUT2D eigenvalue weighted by Crippen LogP contribution is -2.53. The number of piperidine rings is 3. The number of nitrogens with zero attached hydrogens (tertiary/aromatic N) is 5. The summed E-state index contributed by atoms with van der Waals surface area (Å²) in [5.41, 5.74) is 4.12. The molecular weight excluding hydrogens is 716 g/mol. The Morgan fingerprint density at radius 1 is 0.857 bits per heavy atom. The van der Waals surface area contributed by atoms with Crippen molar-refractivity contribution >= 4 is 35.6 Å². The number of likely N-dealkylation sites (tertiary alicyclic amines) is 3. The van der Waals surface area contributed by atoms with E-state index < -0.39 is 12.2 Å². The number of anilines is 1. The van der Waals surface area contributed by atoms with Crippen molar-refractivity contribution in [3.8, 4) is 5.75 Å². The van der Waals surface area contributed by atoms with E-state index in [0.717, 1.165) is 49.2 Å². The van der Waals surface area contributed by atoms with Crippen LogP contribution in [0, 0.1) is 19.8 Å². The predicted molar refractivity (Wildman–Crippen MR) is 212 cm³/mol. The van der Waals surface area contributed by atoms with Crippen molar-refractivity contribution in [2.24, 2.45) is 5.92 Å². The molecule has 2 N–H and O–H groups in total. The van der Waals surface area contributed by atoms with E-state index in [1.807, 2.05) is 55.1 Å². The molecule has 14 heteroatoms. The normalized spacial score (nSPS) is 19.2. The van der Waals surface area contributed by atoms with Gasteiger partial charge in [0.1, 0.15) is 5.75 Å². The number of hydrogen-bond acceptors (Lipinski definition) is 9. The Morgan fingerprint density at radius 2 is 1.46 bits per heavy atom. The Labute approximate surface area is 331 Å². The first-order valence-corrected chi connectivity index (χ1v) is 19.7. The van der Waals surface area contributed by atoms with E-state index in [2.05, 4.69) is 10.2 Å². The van der Waals surface area contributed by atoms with Gasteiger partial charge in [0.15, 0.2) is 12.7 Å². The Hall–Kier alpha value is -4.85. The van der Waals surface area contributed by atoms with Crippen LogP contribution in [0.25, 0.3) is 0 Å². The summed E-state index contributed by atoms with van der Waals surface area (Å²) < 4.78 is 11.3. The van der Waals surface area contributed by atoms with Crippen LogP contribution in [0.2, 0.25) is 0 Å². The van der Waals surface area contributed by atoms with E-state index in [1.54, 1.807) is 23.9 Å². The molecule has 306 valence electrons. The molecule has 1 atom stereocenters. The van der Waals surface area contributed by atoms with Gasteiger partial charge in [-0.05, 0) is 100 Å². The summed E-state index contributed by atoms with van der Waals surface area (Å²) >= 11 is 0. The number of rotatable bonds is 9. The Kier molecular flexibility index (Phi) is 14.2. The van der Waals surface area contributed by atoms with Crippen LogP contribution >= 0.6 is 0 Å². The lowest BCUT2D eigenvalue weighted by molar-refractivity contribution is -0.156. The molecule has 2 aromatic carbocycles. The molecule has 0 aliphatic carbocycles. The Bertz CT molecular complexity index is 1700. The minimum absolute atomic E-state index is 0. The van der Waals surface area contributed by atoms with Crippen LogP contribution in [0.4, 0.5) is 15.3 Å². The van der Waals surface area contributed by atoms with Crippen molar-refractivity contribution in [3.05, 3.63) is 58.7 Å². The quantitative estimate of drug-likeness (QED) is 0.349. The molecule has 0 spiro atoms. The van der Waals surface area contributed by atoms with E-state index in [0.29, 0.717) is 69.5 Å². The molecular formula is C42H60N6O8. The molecule has 14 nitrogen and oxygen atoms in total. The zero-order valence-corrected chi connectivity index (χ0v) is 32.6. The van der Waals surface area contributed by atoms with E-state index in [4.69, 9.17) is 9.47 Å². The Balaban J connectivity index is 0.00000600. The number of carbonyl (C=O) groups excluding carboxylic acids is 5. The summed E-state index contributed by atoms with van der Waals surface area (Å²) in [6.07, 6.45) is 3.42. The number of ether oxygens (including phenoxy) is 2. The van der Waals surface area contributed by atoms with Crippen LogP contribution in [0.5, 0.6) is 5.75 Å². The second kappa shape index (κ2) is 18.9. The van der Waals surface area contributed by atoms with Gasteiger partial charge in [0, 0.05) is 71.0 Å². The molecule has 0 aromatic heterocycles. The van der Waals surface area contributed by atoms with Gasteiger partial charge in [-0.2, -0.15) is 0 Å². The van der Waals surface area contributed by atoms with Crippen molar-refractivity contribution in [1.29, 1.82) is 0 Å². The van der Waals surface area contributed by atoms with Gasteiger partial charge >= 0.3 is 18.1 Å². The number of benzene rings is 2. The minimum atomic E-state index is -1.04. The molecule has 0 radical (unpaired) electrons. The van der Waals surface area contributed by atoms with Crippen molar-refractivity contribution in [3.63, 3.8) is 0 Å². The number of fused-ring (bicyclic) bond motifs is 1. The van der Waals surface area contributed by atoms with Gasteiger partial charge in [0.05, 0.1) is 5.92 Å². The van der Waals surface area contributed by atoms with Crippen molar-refractivity contribution in [2.75, 3.05) is 71.8 Å². The highest BCUT2D eigenvalue weighted by atomic mass is 16.6. The third kappa shape index (κ3) is 10.1. The number of aromatic hydroxyl groups is 1. The second-order valence-electron chi connectivity index (χ2n) is 15.7.